The van der Waals surface area contributed by atoms with Gasteiger partial charge in [-0.2, -0.15) is 4.31 Å². The van der Waals surface area contributed by atoms with Crippen molar-refractivity contribution in [3.63, 3.8) is 0 Å². The first-order valence-corrected chi connectivity index (χ1v) is 7.99. The van der Waals surface area contributed by atoms with Crippen LogP contribution in [0.25, 0.3) is 0 Å². The lowest BCUT2D eigenvalue weighted by Crippen LogP contribution is -2.57. The van der Waals surface area contributed by atoms with Gasteiger partial charge in [-0.15, -0.1) is 0 Å². The first-order chi connectivity index (χ1) is 9.14. The molecule has 1 atom stereocenters. The van der Waals surface area contributed by atoms with Gasteiger partial charge in [0.25, 0.3) is 0 Å². The molecule has 112 valence electrons. The van der Waals surface area contributed by atoms with Crippen LogP contribution in [0.2, 0.25) is 0 Å². The van der Waals surface area contributed by atoms with Crippen molar-refractivity contribution in [2.45, 2.75) is 44.2 Å². The summed E-state index contributed by atoms with van der Waals surface area (Å²) in [5.74, 6) is -0.434. The second kappa shape index (κ2) is 5.09. The molecule has 0 amide bonds. The molecule has 2 rings (SSSR count). The summed E-state index contributed by atoms with van der Waals surface area (Å²) in [5, 5.41) is 0. The van der Waals surface area contributed by atoms with E-state index >= 15 is 0 Å². The summed E-state index contributed by atoms with van der Waals surface area (Å²) in [6, 6.07) is 3.75. The molecule has 0 aromatic heterocycles. The Morgan fingerprint density at radius 3 is 2.65 bits per heavy atom. The van der Waals surface area contributed by atoms with Crippen LogP contribution in [0.4, 0.5) is 4.39 Å². The highest BCUT2D eigenvalue weighted by Gasteiger charge is 2.42. The Kier molecular flexibility index (Phi) is 3.92. The molecule has 1 saturated heterocycles. The van der Waals surface area contributed by atoms with Crippen LogP contribution in [0.5, 0.6) is 0 Å². The molecule has 1 aromatic rings. The van der Waals surface area contributed by atoms with Crippen molar-refractivity contribution in [2.24, 2.45) is 0 Å². The van der Waals surface area contributed by atoms with Crippen LogP contribution in [-0.4, -0.2) is 37.5 Å². The molecule has 0 aliphatic carbocycles. The number of hydrogen-bond acceptors (Lipinski definition) is 3. The largest absolute Gasteiger partial charge is 0.375 e. The molecule has 6 heteroatoms. The fourth-order valence-electron chi connectivity index (χ4n) is 2.40. The van der Waals surface area contributed by atoms with Crippen LogP contribution < -0.4 is 0 Å². The Morgan fingerprint density at radius 1 is 1.40 bits per heavy atom. The molecule has 1 aliphatic rings. The zero-order valence-corrected chi connectivity index (χ0v) is 13.0. The van der Waals surface area contributed by atoms with E-state index in [2.05, 4.69) is 0 Å². The van der Waals surface area contributed by atoms with E-state index in [4.69, 9.17) is 4.74 Å². The van der Waals surface area contributed by atoms with Gasteiger partial charge in [0.2, 0.25) is 10.0 Å². The maximum absolute atomic E-state index is 13.2. The summed E-state index contributed by atoms with van der Waals surface area (Å²) in [4.78, 5) is 0.154. The molecule has 1 aromatic carbocycles. The van der Waals surface area contributed by atoms with Crippen LogP contribution in [0.15, 0.2) is 23.1 Å². The first kappa shape index (κ1) is 15.4. The quantitative estimate of drug-likeness (QED) is 0.842. The molecule has 0 bridgehead atoms. The zero-order chi connectivity index (χ0) is 15.1. The van der Waals surface area contributed by atoms with Crippen molar-refractivity contribution in [2.75, 3.05) is 13.2 Å². The van der Waals surface area contributed by atoms with Gasteiger partial charge in [0.15, 0.2) is 0 Å². The second-order valence-corrected chi connectivity index (χ2v) is 7.71. The first-order valence-electron chi connectivity index (χ1n) is 6.55. The van der Waals surface area contributed by atoms with Crippen molar-refractivity contribution in [3.05, 3.63) is 29.6 Å². The van der Waals surface area contributed by atoms with Crippen molar-refractivity contribution >= 4 is 10.0 Å². The normalized spacial score (nSPS) is 23.8. The van der Waals surface area contributed by atoms with Crippen molar-refractivity contribution in [1.29, 1.82) is 0 Å². The third kappa shape index (κ3) is 2.73. The number of benzene rings is 1. The number of halogens is 1. The lowest BCUT2D eigenvalue weighted by molar-refractivity contribution is -0.0551. The molecule has 0 spiro atoms. The number of ether oxygens (including phenoxy) is 1. The fourth-order valence-corrected chi connectivity index (χ4v) is 4.45. The van der Waals surface area contributed by atoms with Gasteiger partial charge in [0.05, 0.1) is 23.1 Å². The van der Waals surface area contributed by atoms with E-state index in [0.29, 0.717) is 18.7 Å². The molecule has 1 aliphatic heterocycles. The minimum absolute atomic E-state index is 0.154. The van der Waals surface area contributed by atoms with Gasteiger partial charge in [-0.25, -0.2) is 12.8 Å². The van der Waals surface area contributed by atoms with Crippen LogP contribution >= 0.6 is 0 Å². The smallest absolute Gasteiger partial charge is 0.243 e. The van der Waals surface area contributed by atoms with Gasteiger partial charge in [-0.1, -0.05) is 0 Å². The molecular weight excluding hydrogens is 281 g/mol. The van der Waals surface area contributed by atoms with Gasteiger partial charge >= 0.3 is 0 Å². The van der Waals surface area contributed by atoms with E-state index < -0.39 is 21.4 Å². The van der Waals surface area contributed by atoms with Gasteiger partial charge < -0.3 is 4.74 Å². The van der Waals surface area contributed by atoms with Crippen LogP contribution in [-0.2, 0) is 14.8 Å². The zero-order valence-electron chi connectivity index (χ0n) is 12.2. The Bertz CT molecular complexity index is 613. The Hall–Kier alpha value is -0.980. The fraction of sp³-hybridized carbons (Fsp3) is 0.571. The summed E-state index contributed by atoms with van der Waals surface area (Å²) in [6.07, 6.45) is -0.154. The van der Waals surface area contributed by atoms with E-state index in [1.807, 2.05) is 20.8 Å². The second-order valence-electron chi connectivity index (χ2n) is 5.88. The van der Waals surface area contributed by atoms with Crippen LogP contribution in [0.1, 0.15) is 26.3 Å². The van der Waals surface area contributed by atoms with E-state index in [1.54, 1.807) is 6.92 Å². The molecule has 0 unspecified atom stereocenters. The maximum atomic E-state index is 13.2. The molecule has 1 heterocycles. The van der Waals surface area contributed by atoms with Crippen molar-refractivity contribution in [3.8, 4) is 0 Å². The highest BCUT2D eigenvalue weighted by molar-refractivity contribution is 7.89. The van der Waals surface area contributed by atoms with Gasteiger partial charge in [0.1, 0.15) is 5.82 Å². The predicted molar refractivity (Wildman–Crippen MR) is 74.5 cm³/mol. The monoisotopic (exact) mass is 301 g/mol. The van der Waals surface area contributed by atoms with Crippen LogP contribution in [0, 0.1) is 12.7 Å². The molecule has 0 radical (unpaired) electrons. The summed E-state index contributed by atoms with van der Waals surface area (Å²) >= 11 is 0. The summed E-state index contributed by atoms with van der Waals surface area (Å²) in [6.45, 7) is 7.74. The van der Waals surface area contributed by atoms with Gasteiger partial charge in [0, 0.05) is 6.54 Å². The van der Waals surface area contributed by atoms with Gasteiger partial charge in [-0.05, 0) is 51.5 Å². The molecule has 20 heavy (non-hydrogen) atoms. The highest BCUT2D eigenvalue weighted by Crippen LogP contribution is 2.30. The topological polar surface area (TPSA) is 46.6 Å². The molecule has 1 fully saturated rings. The summed E-state index contributed by atoms with van der Waals surface area (Å²) < 4.78 is 45.8. The van der Waals surface area contributed by atoms with Crippen LogP contribution in [0.3, 0.4) is 0 Å². The number of sulfonamides is 1. The lowest BCUT2D eigenvalue weighted by atomic mass is 10.1. The maximum Gasteiger partial charge on any atom is 0.243 e. The molecular formula is C14H20FNO3S. The molecule has 4 nitrogen and oxygen atoms in total. The Balaban J connectivity index is 2.48. The number of rotatable bonds is 2. The minimum atomic E-state index is -3.66. The van der Waals surface area contributed by atoms with Crippen molar-refractivity contribution in [1.82, 2.24) is 4.31 Å². The van der Waals surface area contributed by atoms with Gasteiger partial charge in [-0.3, -0.25) is 0 Å². The summed E-state index contributed by atoms with van der Waals surface area (Å²) in [5.41, 5.74) is -0.202. The third-order valence-electron chi connectivity index (χ3n) is 3.52. The molecule has 0 saturated carbocycles. The number of nitrogens with zero attached hydrogens (tertiary/aromatic N) is 1. The van der Waals surface area contributed by atoms with E-state index in [9.17, 15) is 12.8 Å². The summed E-state index contributed by atoms with van der Waals surface area (Å²) in [7, 11) is -3.66. The third-order valence-corrected chi connectivity index (χ3v) is 5.76. The Morgan fingerprint density at radius 2 is 2.05 bits per heavy atom. The van der Waals surface area contributed by atoms with Crippen molar-refractivity contribution < 1.29 is 17.5 Å². The minimum Gasteiger partial charge on any atom is -0.375 e. The predicted octanol–water partition coefficient (Wildman–Crippen LogP) is 2.32. The number of aryl methyl sites for hydroxylation is 1. The van der Waals surface area contributed by atoms with E-state index in [0.717, 1.165) is 0 Å². The van der Waals surface area contributed by atoms with E-state index in [1.165, 1.54) is 22.5 Å². The average Bonchev–Trinajstić information content (AvgIpc) is 2.31. The lowest BCUT2D eigenvalue weighted by Gasteiger charge is -2.43. The SMILES string of the molecule is Cc1cc(F)ccc1S(=O)(=O)N1C[C@@H](C)OCC1(C)C. The average molecular weight is 301 g/mol. The Labute approximate surface area is 119 Å². The number of morpholine rings is 1. The highest BCUT2D eigenvalue weighted by atomic mass is 32.2. The number of hydrogen-bond donors (Lipinski definition) is 0. The standard InChI is InChI=1S/C14H20FNO3S/c1-10-7-12(15)5-6-13(10)20(17,18)16-8-11(2)19-9-14(16,3)4/h5-7,11H,8-9H2,1-4H3/t11-/m1/s1. The molecule has 0 N–H and O–H groups in total. The van der Waals surface area contributed by atoms with E-state index in [-0.39, 0.29) is 11.0 Å².